The fourth-order valence-corrected chi connectivity index (χ4v) is 5.34. The summed E-state index contributed by atoms with van der Waals surface area (Å²) in [5.74, 6) is 1.51. The molecule has 6 nitrogen and oxygen atoms in total. The van der Waals surface area contributed by atoms with Crippen molar-refractivity contribution in [1.29, 1.82) is 0 Å². The highest BCUT2D eigenvalue weighted by Crippen LogP contribution is 2.40. The Morgan fingerprint density at radius 2 is 1.70 bits per heavy atom. The highest BCUT2D eigenvalue weighted by Gasteiger charge is 2.40. The van der Waals surface area contributed by atoms with Crippen molar-refractivity contribution in [1.82, 2.24) is 4.98 Å². The third-order valence-electron chi connectivity index (χ3n) is 7.02. The molecule has 1 aliphatic heterocycles. The van der Waals surface area contributed by atoms with Crippen molar-refractivity contribution < 1.29 is 18.9 Å². The van der Waals surface area contributed by atoms with E-state index >= 15 is 0 Å². The van der Waals surface area contributed by atoms with Crippen LogP contribution < -0.4 is 14.8 Å². The van der Waals surface area contributed by atoms with Crippen molar-refractivity contribution in [2.75, 3.05) is 32.8 Å². The van der Waals surface area contributed by atoms with E-state index < -0.39 is 0 Å². The molecule has 2 fully saturated rings. The molecule has 176 valence electrons. The van der Waals surface area contributed by atoms with Crippen LogP contribution in [0.5, 0.6) is 11.5 Å². The molecule has 0 atom stereocenters. The van der Waals surface area contributed by atoms with Gasteiger partial charge in [0.1, 0.15) is 0 Å². The van der Waals surface area contributed by atoms with Gasteiger partial charge in [-0.3, -0.25) is 0 Å². The van der Waals surface area contributed by atoms with Gasteiger partial charge in [0, 0.05) is 41.0 Å². The molecule has 1 aliphatic carbocycles. The van der Waals surface area contributed by atoms with Gasteiger partial charge in [0.25, 0.3) is 0 Å². The number of rotatable bonds is 6. The topological polar surface area (TPSA) is 64.7 Å². The van der Waals surface area contributed by atoms with Crippen molar-refractivity contribution in [2.24, 2.45) is 0 Å². The molecule has 33 heavy (non-hydrogen) atoms. The first-order chi connectivity index (χ1) is 16.0. The van der Waals surface area contributed by atoms with Crippen molar-refractivity contribution in [3.63, 3.8) is 0 Å². The van der Waals surface area contributed by atoms with Gasteiger partial charge in [0.15, 0.2) is 17.3 Å². The second-order valence-corrected chi connectivity index (χ2v) is 9.42. The van der Waals surface area contributed by atoms with E-state index in [-0.39, 0.29) is 5.79 Å². The molecule has 1 saturated carbocycles. The van der Waals surface area contributed by atoms with Crippen molar-refractivity contribution in [3.05, 3.63) is 42.0 Å². The molecule has 0 radical (unpaired) electrons. The summed E-state index contributed by atoms with van der Waals surface area (Å²) in [5.41, 5.74) is 5.85. The number of benzene rings is 2. The maximum atomic E-state index is 5.88. The Bertz CT molecular complexity index is 1120. The first-order valence-electron chi connectivity index (χ1n) is 11.9. The van der Waals surface area contributed by atoms with Gasteiger partial charge in [-0.2, -0.15) is 0 Å². The molecule has 0 unspecified atom stereocenters. The van der Waals surface area contributed by atoms with Crippen LogP contribution in [0.15, 0.2) is 36.4 Å². The van der Waals surface area contributed by atoms with E-state index in [1.165, 1.54) is 10.9 Å². The summed E-state index contributed by atoms with van der Waals surface area (Å²) in [7, 11) is 3.33. The van der Waals surface area contributed by atoms with Gasteiger partial charge >= 0.3 is 0 Å². The molecule has 2 aromatic carbocycles. The summed E-state index contributed by atoms with van der Waals surface area (Å²) < 4.78 is 22.7. The van der Waals surface area contributed by atoms with Crippen LogP contribution in [0.2, 0.25) is 0 Å². The Balaban J connectivity index is 1.43. The lowest BCUT2D eigenvalue weighted by Crippen LogP contribution is -2.39. The summed E-state index contributed by atoms with van der Waals surface area (Å²) in [5, 5.41) is 5.03. The van der Waals surface area contributed by atoms with Crippen molar-refractivity contribution >= 4 is 16.6 Å². The molecule has 5 rings (SSSR count). The van der Waals surface area contributed by atoms with Gasteiger partial charge < -0.3 is 29.2 Å². The number of fused-ring (bicyclic) bond motifs is 1. The molecule has 0 amide bonds. The quantitative estimate of drug-likeness (QED) is 0.477. The number of ether oxygens (including phenoxy) is 4. The number of nitrogens with one attached hydrogen (secondary N) is 2. The normalized spacial score (nSPS) is 18.3. The van der Waals surface area contributed by atoms with E-state index in [0.29, 0.717) is 12.0 Å². The van der Waals surface area contributed by atoms with E-state index in [4.69, 9.17) is 18.9 Å². The molecule has 2 heterocycles. The van der Waals surface area contributed by atoms with Gasteiger partial charge in [-0.15, -0.1) is 0 Å². The van der Waals surface area contributed by atoms with Crippen LogP contribution in [0.3, 0.4) is 0 Å². The summed E-state index contributed by atoms with van der Waals surface area (Å²) in [4.78, 5) is 3.66. The largest absolute Gasteiger partial charge is 0.493 e. The zero-order chi connectivity index (χ0) is 23.0. The molecule has 1 aromatic heterocycles. The minimum absolute atomic E-state index is 0.318. The number of aromatic amines is 1. The summed E-state index contributed by atoms with van der Waals surface area (Å²) >= 11 is 0. The molecule has 1 saturated heterocycles. The summed E-state index contributed by atoms with van der Waals surface area (Å²) in [6.07, 6.45) is 4.02. The second-order valence-electron chi connectivity index (χ2n) is 9.42. The lowest BCUT2D eigenvalue weighted by atomic mass is 9.89. The monoisotopic (exact) mass is 450 g/mol. The fraction of sp³-hybridized carbons (Fsp3) is 0.481. The van der Waals surface area contributed by atoms with E-state index in [1.54, 1.807) is 14.2 Å². The zero-order valence-corrected chi connectivity index (χ0v) is 20.0. The van der Waals surface area contributed by atoms with Crippen molar-refractivity contribution in [3.8, 4) is 22.8 Å². The molecular formula is C27H34N2O4. The average molecular weight is 451 g/mol. The molecular weight excluding hydrogens is 416 g/mol. The molecule has 3 aromatic rings. The zero-order valence-electron chi connectivity index (χ0n) is 20.0. The predicted molar refractivity (Wildman–Crippen MR) is 131 cm³/mol. The maximum absolute atomic E-state index is 5.88. The number of H-pyrrole nitrogens is 1. The van der Waals surface area contributed by atoms with Gasteiger partial charge in [0.05, 0.1) is 33.1 Å². The summed E-state index contributed by atoms with van der Waals surface area (Å²) in [6, 6.07) is 13.2. The Morgan fingerprint density at radius 3 is 2.36 bits per heavy atom. The van der Waals surface area contributed by atoms with Crippen LogP contribution in [0.25, 0.3) is 22.2 Å². The van der Waals surface area contributed by atoms with Crippen molar-refractivity contribution in [2.45, 2.75) is 57.3 Å². The van der Waals surface area contributed by atoms with Gasteiger partial charge in [0.2, 0.25) is 0 Å². The summed E-state index contributed by atoms with van der Waals surface area (Å²) in [6.45, 7) is 5.94. The lowest BCUT2D eigenvalue weighted by Gasteiger charge is -2.36. The molecule has 2 N–H and O–H groups in total. The van der Waals surface area contributed by atoms with E-state index in [2.05, 4.69) is 48.4 Å². The van der Waals surface area contributed by atoms with Crippen LogP contribution in [0.4, 0.5) is 5.69 Å². The van der Waals surface area contributed by atoms with Crippen LogP contribution in [-0.4, -0.2) is 44.2 Å². The third kappa shape index (κ3) is 4.18. The first kappa shape index (κ1) is 22.1. The number of hydrogen-bond acceptors (Lipinski definition) is 5. The van der Waals surface area contributed by atoms with E-state index in [9.17, 15) is 0 Å². The minimum atomic E-state index is -0.318. The Labute approximate surface area is 195 Å². The Morgan fingerprint density at radius 1 is 0.970 bits per heavy atom. The molecule has 2 aliphatic rings. The molecule has 1 spiro atoms. The smallest absolute Gasteiger partial charge is 0.168 e. The molecule has 0 bridgehead atoms. The number of anilines is 1. The number of aromatic nitrogens is 1. The van der Waals surface area contributed by atoms with Crippen LogP contribution >= 0.6 is 0 Å². The van der Waals surface area contributed by atoms with Crippen LogP contribution in [0, 0.1) is 0 Å². The Hall–Kier alpha value is -2.70. The number of hydrogen-bond donors (Lipinski definition) is 2. The van der Waals surface area contributed by atoms with Gasteiger partial charge in [-0.25, -0.2) is 0 Å². The predicted octanol–water partition coefficient (Wildman–Crippen LogP) is 6.07. The Kier molecular flexibility index (Phi) is 5.97. The van der Waals surface area contributed by atoms with Gasteiger partial charge in [-0.05, 0) is 60.7 Å². The minimum Gasteiger partial charge on any atom is -0.493 e. The van der Waals surface area contributed by atoms with Crippen LogP contribution in [0.1, 0.15) is 51.0 Å². The SMILES string of the molecule is COc1ccc(-c2[nH]c3ccc(NC4CCC5(CC4)OCCO5)cc3c2C(C)C)cc1OC. The third-order valence-corrected chi connectivity index (χ3v) is 7.02. The highest BCUT2D eigenvalue weighted by atomic mass is 16.7. The molecule has 6 heteroatoms. The number of methoxy groups -OCH3 is 2. The first-order valence-corrected chi connectivity index (χ1v) is 11.9. The standard InChI is InChI=1S/C27H34N2O4/c1-17(2)25-21-16-20(28-19-9-11-27(12-10-19)32-13-14-33-27)6-7-22(21)29-26(25)18-5-8-23(30-3)24(15-18)31-4/h5-8,15-17,19,28-29H,9-14H2,1-4H3. The van der Waals surface area contributed by atoms with Crippen LogP contribution in [-0.2, 0) is 9.47 Å². The maximum Gasteiger partial charge on any atom is 0.168 e. The van der Waals surface area contributed by atoms with Gasteiger partial charge in [-0.1, -0.05) is 13.8 Å². The second kappa shape index (κ2) is 8.92. The highest BCUT2D eigenvalue weighted by molar-refractivity contribution is 5.93. The van der Waals surface area contributed by atoms with E-state index in [0.717, 1.165) is 72.9 Å². The average Bonchev–Trinajstić information content (AvgIpc) is 3.45. The fourth-order valence-electron chi connectivity index (χ4n) is 5.34. The lowest BCUT2D eigenvalue weighted by molar-refractivity contribution is -0.177. The van der Waals surface area contributed by atoms with E-state index in [1.807, 2.05) is 12.1 Å².